The van der Waals surface area contributed by atoms with Gasteiger partial charge in [-0.3, -0.25) is 4.79 Å². The molecule has 0 aliphatic carbocycles. The van der Waals surface area contributed by atoms with E-state index in [4.69, 9.17) is 9.47 Å². The summed E-state index contributed by atoms with van der Waals surface area (Å²) >= 11 is 0. The second-order valence-electron chi connectivity index (χ2n) is 3.23. The minimum absolute atomic E-state index is 0.468. The van der Waals surface area contributed by atoms with E-state index in [1.165, 1.54) is 0 Å². The van der Waals surface area contributed by atoms with E-state index in [1.54, 1.807) is 6.92 Å². The first-order valence-corrected chi connectivity index (χ1v) is 4.62. The van der Waals surface area contributed by atoms with E-state index in [2.05, 4.69) is 0 Å². The Kier molecular flexibility index (Phi) is 3.63. The van der Waals surface area contributed by atoms with E-state index >= 15 is 0 Å². The summed E-state index contributed by atoms with van der Waals surface area (Å²) in [6.07, 6.45) is 4.18. The van der Waals surface area contributed by atoms with Crippen LogP contribution in [0.15, 0.2) is 11.6 Å². The Balaban J connectivity index is 2.53. The van der Waals surface area contributed by atoms with Gasteiger partial charge in [-0.25, -0.2) is 0 Å². The molecule has 0 amide bonds. The summed E-state index contributed by atoms with van der Waals surface area (Å²) in [5.74, 6) is -0.468. The number of hydrogen-bond donors (Lipinski definition) is 0. The topological polar surface area (TPSA) is 35.5 Å². The van der Waals surface area contributed by atoms with Gasteiger partial charge in [0.1, 0.15) is 6.29 Å². The Bertz CT molecular complexity index is 202. The molecule has 1 heterocycles. The van der Waals surface area contributed by atoms with Crippen molar-refractivity contribution in [3.63, 3.8) is 0 Å². The highest BCUT2D eigenvalue weighted by Crippen LogP contribution is 2.27. The quantitative estimate of drug-likeness (QED) is 0.492. The molecule has 0 aromatic rings. The molecule has 0 N–H and O–H groups in total. The van der Waals surface area contributed by atoms with Crippen LogP contribution in [0.3, 0.4) is 0 Å². The van der Waals surface area contributed by atoms with Gasteiger partial charge in [0.2, 0.25) is 0 Å². The molecule has 0 aromatic carbocycles. The maximum atomic E-state index is 10.4. The van der Waals surface area contributed by atoms with Crippen molar-refractivity contribution in [3.05, 3.63) is 11.6 Å². The molecule has 0 atom stereocenters. The molecule has 0 radical (unpaired) electrons. The van der Waals surface area contributed by atoms with Crippen molar-refractivity contribution in [2.75, 3.05) is 13.2 Å². The maximum Gasteiger partial charge on any atom is 0.171 e. The Morgan fingerprint density at radius 2 is 2.08 bits per heavy atom. The van der Waals surface area contributed by atoms with Crippen LogP contribution in [0.1, 0.15) is 26.7 Å². The van der Waals surface area contributed by atoms with Gasteiger partial charge in [-0.1, -0.05) is 13.0 Å². The predicted octanol–water partition coefficient (Wildman–Crippen LogP) is 1.67. The number of carbonyl (C=O) groups is 1. The van der Waals surface area contributed by atoms with Gasteiger partial charge >= 0.3 is 0 Å². The van der Waals surface area contributed by atoms with Crippen LogP contribution in [0.25, 0.3) is 0 Å². The summed E-state index contributed by atoms with van der Waals surface area (Å²) < 4.78 is 11.0. The zero-order chi connectivity index (χ0) is 9.73. The van der Waals surface area contributed by atoms with E-state index in [9.17, 15) is 4.79 Å². The number of aldehydes is 1. The molecule has 1 aliphatic rings. The van der Waals surface area contributed by atoms with E-state index in [1.807, 2.05) is 13.0 Å². The lowest BCUT2D eigenvalue weighted by molar-refractivity contribution is -0.155. The third kappa shape index (κ3) is 2.64. The summed E-state index contributed by atoms with van der Waals surface area (Å²) in [5, 5.41) is 0. The fraction of sp³-hybridized carbons (Fsp3) is 0.700. The second-order valence-corrected chi connectivity index (χ2v) is 3.23. The molecule has 0 aromatic heterocycles. The molecule has 13 heavy (non-hydrogen) atoms. The zero-order valence-electron chi connectivity index (χ0n) is 8.21. The molecule has 3 nitrogen and oxygen atoms in total. The summed E-state index contributed by atoms with van der Waals surface area (Å²) in [6, 6.07) is 0. The number of carbonyl (C=O) groups excluding carboxylic acids is 1. The average Bonchev–Trinajstić information content (AvgIpc) is 2.63. The van der Waals surface area contributed by atoms with E-state index in [-0.39, 0.29) is 0 Å². The molecule has 1 fully saturated rings. The van der Waals surface area contributed by atoms with Crippen molar-refractivity contribution in [3.8, 4) is 0 Å². The predicted molar refractivity (Wildman–Crippen MR) is 49.4 cm³/mol. The first kappa shape index (κ1) is 10.4. The zero-order valence-corrected chi connectivity index (χ0v) is 8.21. The summed E-state index contributed by atoms with van der Waals surface area (Å²) in [6.45, 7) is 5.12. The monoisotopic (exact) mass is 184 g/mol. The van der Waals surface area contributed by atoms with Crippen molar-refractivity contribution < 1.29 is 14.3 Å². The first-order valence-electron chi connectivity index (χ1n) is 4.62. The molecule has 3 heteroatoms. The lowest BCUT2D eigenvalue weighted by Gasteiger charge is -2.24. The lowest BCUT2D eigenvalue weighted by Crippen LogP contribution is -2.28. The van der Waals surface area contributed by atoms with Gasteiger partial charge in [-0.15, -0.1) is 0 Å². The maximum absolute atomic E-state index is 10.4. The van der Waals surface area contributed by atoms with Crippen LogP contribution in [0.4, 0.5) is 0 Å². The number of hydrogen-bond acceptors (Lipinski definition) is 3. The molecular weight excluding hydrogens is 168 g/mol. The Morgan fingerprint density at radius 3 is 2.54 bits per heavy atom. The van der Waals surface area contributed by atoms with Crippen LogP contribution in [-0.4, -0.2) is 25.3 Å². The van der Waals surface area contributed by atoms with Gasteiger partial charge in [-0.2, -0.15) is 0 Å². The average molecular weight is 184 g/mol. The van der Waals surface area contributed by atoms with Crippen LogP contribution < -0.4 is 0 Å². The Hall–Kier alpha value is -0.670. The third-order valence-corrected chi connectivity index (χ3v) is 2.27. The minimum Gasteiger partial charge on any atom is -0.347 e. The first-order chi connectivity index (χ1) is 6.22. The standard InChI is InChI=1S/C10H16O3/c1-3-10(12-6-7-13-10)5-4-9(2)8-11/h4,8H,3,5-7H2,1-2H3/b9-4+. The van der Waals surface area contributed by atoms with Crippen molar-refractivity contribution in [2.45, 2.75) is 32.5 Å². The molecular formula is C10H16O3. The molecule has 1 aliphatic heterocycles. The smallest absolute Gasteiger partial charge is 0.171 e. The van der Waals surface area contributed by atoms with Crippen LogP contribution in [0.2, 0.25) is 0 Å². The van der Waals surface area contributed by atoms with Crippen molar-refractivity contribution in [2.24, 2.45) is 0 Å². The SMILES string of the molecule is CCC1(C/C=C(\C)C=O)OCCO1. The molecule has 0 unspecified atom stereocenters. The number of rotatable bonds is 4. The summed E-state index contributed by atoms with van der Waals surface area (Å²) in [7, 11) is 0. The van der Waals surface area contributed by atoms with E-state index in [0.717, 1.165) is 18.3 Å². The van der Waals surface area contributed by atoms with E-state index in [0.29, 0.717) is 19.6 Å². The van der Waals surface area contributed by atoms with Crippen LogP contribution >= 0.6 is 0 Å². The Morgan fingerprint density at radius 1 is 1.46 bits per heavy atom. The molecule has 1 rings (SSSR count). The van der Waals surface area contributed by atoms with Crippen LogP contribution in [0.5, 0.6) is 0 Å². The van der Waals surface area contributed by atoms with Gasteiger partial charge in [0.25, 0.3) is 0 Å². The van der Waals surface area contributed by atoms with Gasteiger partial charge in [-0.05, 0) is 18.9 Å². The van der Waals surface area contributed by atoms with E-state index < -0.39 is 5.79 Å². The molecule has 74 valence electrons. The van der Waals surface area contributed by atoms with Crippen LogP contribution in [0, 0.1) is 0 Å². The van der Waals surface area contributed by atoms with Crippen molar-refractivity contribution >= 4 is 6.29 Å². The summed E-state index contributed by atoms with van der Waals surface area (Å²) in [5.41, 5.74) is 0.729. The van der Waals surface area contributed by atoms with Gasteiger partial charge in [0, 0.05) is 6.42 Å². The third-order valence-electron chi connectivity index (χ3n) is 2.27. The highest BCUT2D eigenvalue weighted by molar-refractivity contribution is 5.71. The molecule has 0 spiro atoms. The highest BCUT2D eigenvalue weighted by Gasteiger charge is 2.33. The van der Waals surface area contributed by atoms with Crippen LogP contribution in [-0.2, 0) is 14.3 Å². The fourth-order valence-electron chi connectivity index (χ4n) is 1.33. The largest absolute Gasteiger partial charge is 0.347 e. The normalized spacial score (nSPS) is 21.8. The second kappa shape index (κ2) is 4.53. The van der Waals surface area contributed by atoms with Gasteiger partial charge < -0.3 is 9.47 Å². The molecule has 0 bridgehead atoms. The minimum atomic E-state index is -0.468. The van der Waals surface area contributed by atoms with Gasteiger partial charge in [0.05, 0.1) is 13.2 Å². The van der Waals surface area contributed by atoms with Crippen molar-refractivity contribution in [1.82, 2.24) is 0 Å². The fourth-order valence-corrected chi connectivity index (χ4v) is 1.33. The van der Waals surface area contributed by atoms with Crippen molar-refractivity contribution in [1.29, 1.82) is 0 Å². The van der Waals surface area contributed by atoms with Gasteiger partial charge in [0.15, 0.2) is 5.79 Å². The molecule has 0 saturated carbocycles. The Labute approximate surface area is 78.7 Å². The highest BCUT2D eigenvalue weighted by atomic mass is 16.7. The number of allylic oxidation sites excluding steroid dienone is 1. The summed E-state index contributed by atoms with van der Waals surface area (Å²) in [4.78, 5) is 10.4. The lowest BCUT2D eigenvalue weighted by atomic mass is 10.1. The number of ether oxygens (including phenoxy) is 2. The molecule has 1 saturated heterocycles.